The maximum absolute atomic E-state index is 12.7. The first-order valence-corrected chi connectivity index (χ1v) is 10.1. The van der Waals surface area contributed by atoms with Crippen molar-refractivity contribution in [2.75, 3.05) is 18.0 Å². The lowest BCUT2D eigenvalue weighted by Gasteiger charge is -2.37. The Morgan fingerprint density at radius 1 is 1.28 bits per heavy atom. The van der Waals surface area contributed by atoms with Gasteiger partial charge in [-0.05, 0) is 57.4 Å². The number of anilines is 1. The van der Waals surface area contributed by atoms with E-state index in [2.05, 4.69) is 25.3 Å². The van der Waals surface area contributed by atoms with Crippen LogP contribution in [0.25, 0.3) is 11.0 Å². The van der Waals surface area contributed by atoms with Gasteiger partial charge < -0.3 is 15.2 Å². The number of aromatic nitrogens is 4. The van der Waals surface area contributed by atoms with Crippen LogP contribution < -0.4 is 15.8 Å². The molecule has 0 saturated carbocycles. The zero-order valence-corrected chi connectivity index (χ0v) is 16.8. The number of imidazole rings is 1. The van der Waals surface area contributed by atoms with E-state index in [4.69, 9.17) is 0 Å². The molecule has 4 rings (SSSR count). The Hall–Kier alpha value is -3.16. The second kappa shape index (κ2) is 8.06. The van der Waals surface area contributed by atoms with Crippen molar-refractivity contribution in [2.24, 2.45) is 0 Å². The highest BCUT2D eigenvalue weighted by molar-refractivity contribution is 5.97. The maximum Gasteiger partial charge on any atom is 0.267 e. The molecule has 0 spiro atoms. The van der Waals surface area contributed by atoms with E-state index in [1.807, 2.05) is 26.0 Å². The largest absolute Gasteiger partial charge is 0.350 e. The van der Waals surface area contributed by atoms with Gasteiger partial charge in [0.2, 0.25) is 0 Å². The number of amides is 1. The number of nitrogens with one attached hydrogen (secondary N) is 2. The summed E-state index contributed by atoms with van der Waals surface area (Å²) in [4.78, 5) is 34.1. The molecule has 1 unspecified atom stereocenters. The van der Waals surface area contributed by atoms with Crippen molar-refractivity contribution >= 4 is 22.8 Å². The fraction of sp³-hybridized carbons (Fsp3) is 0.429. The molecule has 1 saturated heterocycles. The van der Waals surface area contributed by atoms with Crippen molar-refractivity contribution in [3.63, 3.8) is 0 Å². The van der Waals surface area contributed by atoms with E-state index in [1.54, 1.807) is 24.5 Å². The minimum absolute atomic E-state index is 0.00258. The molecule has 1 aromatic carbocycles. The molecule has 29 heavy (non-hydrogen) atoms. The number of hydrogen-bond acceptors (Lipinski definition) is 5. The summed E-state index contributed by atoms with van der Waals surface area (Å²) in [7, 11) is 0. The molecule has 2 N–H and O–H groups in total. The topological polar surface area (TPSA) is 95.9 Å². The van der Waals surface area contributed by atoms with Crippen LogP contribution in [-0.2, 0) is 0 Å². The minimum atomic E-state index is -0.105. The van der Waals surface area contributed by atoms with Crippen molar-refractivity contribution in [3.05, 3.63) is 52.6 Å². The lowest BCUT2D eigenvalue weighted by atomic mass is 10.0. The fourth-order valence-corrected chi connectivity index (χ4v) is 3.84. The number of aromatic amines is 1. The number of hydrogen-bond donors (Lipinski definition) is 2. The number of rotatable bonds is 5. The van der Waals surface area contributed by atoms with Crippen LogP contribution >= 0.6 is 0 Å². The number of piperidine rings is 1. The number of benzene rings is 1. The molecule has 0 bridgehead atoms. The molecular formula is C21H26N6O2. The molecule has 1 amide bonds. The summed E-state index contributed by atoms with van der Waals surface area (Å²) in [5.74, 6) is 0.684. The first-order valence-electron chi connectivity index (χ1n) is 10.1. The van der Waals surface area contributed by atoms with Crippen LogP contribution in [0.4, 0.5) is 5.82 Å². The van der Waals surface area contributed by atoms with Crippen molar-refractivity contribution in [1.29, 1.82) is 0 Å². The van der Waals surface area contributed by atoms with E-state index >= 15 is 0 Å². The molecule has 8 heteroatoms. The molecule has 0 aliphatic carbocycles. The monoisotopic (exact) mass is 394 g/mol. The zero-order valence-electron chi connectivity index (χ0n) is 16.8. The van der Waals surface area contributed by atoms with Gasteiger partial charge in [-0.25, -0.2) is 9.67 Å². The van der Waals surface area contributed by atoms with E-state index in [9.17, 15) is 9.59 Å². The first kappa shape index (κ1) is 19.2. The molecule has 1 atom stereocenters. The lowest BCUT2D eigenvalue weighted by Crippen LogP contribution is -2.47. The molecule has 1 fully saturated rings. The van der Waals surface area contributed by atoms with Gasteiger partial charge in [0.25, 0.3) is 11.5 Å². The number of carbonyl (C=O) groups is 1. The summed E-state index contributed by atoms with van der Waals surface area (Å²) < 4.78 is 1.51. The Bertz CT molecular complexity index is 1070. The van der Waals surface area contributed by atoms with E-state index in [-0.39, 0.29) is 23.6 Å². The summed E-state index contributed by atoms with van der Waals surface area (Å²) in [5.41, 5.74) is 2.19. The van der Waals surface area contributed by atoms with Crippen LogP contribution in [0.15, 0.2) is 41.5 Å². The van der Waals surface area contributed by atoms with Gasteiger partial charge in [-0.15, -0.1) is 0 Å². The Labute approximate surface area is 168 Å². The summed E-state index contributed by atoms with van der Waals surface area (Å²) >= 11 is 0. The van der Waals surface area contributed by atoms with Crippen molar-refractivity contribution < 1.29 is 4.79 Å². The van der Waals surface area contributed by atoms with E-state index in [1.165, 1.54) is 4.68 Å². The third kappa shape index (κ3) is 4.01. The minimum Gasteiger partial charge on any atom is -0.350 e. The normalized spacial score (nSPS) is 17.1. The first-order chi connectivity index (χ1) is 14.0. The highest BCUT2D eigenvalue weighted by Gasteiger charge is 2.25. The van der Waals surface area contributed by atoms with Gasteiger partial charge in [-0.1, -0.05) is 0 Å². The van der Waals surface area contributed by atoms with E-state index in [0.717, 1.165) is 42.7 Å². The Balaban J connectivity index is 1.48. The van der Waals surface area contributed by atoms with Crippen LogP contribution in [0.3, 0.4) is 0 Å². The molecule has 0 radical (unpaired) electrons. The number of fused-ring (bicyclic) bond motifs is 1. The molecular weight excluding hydrogens is 368 g/mol. The van der Waals surface area contributed by atoms with Crippen molar-refractivity contribution in [1.82, 2.24) is 25.1 Å². The second-order valence-electron chi connectivity index (χ2n) is 7.76. The number of nitrogens with zero attached hydrogens (tertiary/aromatic N) is 4. The molecule has 152 valence electrons. The third-order valence-electron chi connectivity index (χ3n) is 5.40. The standard InChI is InChI=1S/C21H26N6O2/c1-14(2)27-20(28)9-8-19(25-27)26-10-4-3-5-16(26)12-22-21(29)15-6-7-17-18(11-15)24-13-23-17/h6-9,11,13-14,16H,3-5,10,12H2,1-2H3,(H,22,29)(H,23,24). The summed E-state index contributed by atoms with van der Waals surface area (Å²) in [5, 5.41) is 7.63. The Morgan fingerprint density at radius 2 is 2.14 bits per heavy atom. The second-order valence-corrected chi connectivity index (χ2v) is 7.76. The zero-order chi connectivity index (χ0) is 20.4. The average Bonchev–Trinajstić information content (AvgIpc) is 3.20. The highest BCUT2D eigenvalue weighted by Crippen LogP contribution is 2.22. The summed E-state index contributed by atoms with van der Waals surface area (Å²) in [6.45, 7) is 5.29. The molecule has 3 aromatic rings. The van der Waals surface area contributed by atoms with Gasteiger partial charge in [-0.2, -0.15) is 5.10 Å². The third-order valence-corrected chi connectivity index (χ3v) is 5.40. The smallest absolute Gasteiger partial charge is 0.267 e. The van der Waals surface area contributed by atoms with Crippen molar-refractivity contribution in [2.45, 2.75) is 45.2 Å². The predicted octanol–water partition coefficient (Wildman–Crippen LogP) is 2.49. The van der Waals surface area contributed by atoms with Crippen LogP contribution in [0, 0.1) is 0 Å². The quantitative estimate of drug-likeness (QED) is 0.693. The Kier molecular flexibility index (Phi) is 5.33. The van der Waals surface area contributed by atoms with Gasteiger partial charge in [0.05, 0.1) is 23.4 Å². The molecule has 2 aromatic heterocycles. The molecule has 3 heterocycles. The highest BCUT2D eigenvalue weighted by atomic mass is 16.1. The lowest BCUT2D eigenvalue weighted by molar-refractivity contribution is 0.0949. The molecule has 1 aliphatic heterocycles. The Morgan fingerprint density at radius 3 is 2.97 bits per heavy atom. The van der Waals surface area contributed by atoms with Gasteiger partial charge in [0.1, 0.15) is 5.82 Å². The summed E-state index contributed by atoms with van der Waals surface area (Å²) in [6, 6.07) is 8.96. The van der Waals surface area contributed by atoms with Crippen molar-refractivity contribution in [3.8, 4) is 0 Å². The maximum atomic E-state index is 12.7. The van der Waals surface area contributed by atoms with Gasteiger partial charge in [0, 0.05) is 30.8 Å². The fourth-order valence-electron chi connectivity index (χ4n) is 3.84. The van der Waals surface area contributed by atoms with E-state index in [0.29, 0.717) is 12.1 Å². The summed E-state index contributed by atoms with van der Waals surface area (Å²) in [6.07, 6.45) is 4.78. The molecule has 1 aliphatic rings. The van der Waals surface area contributed by atoms with E-state index < -0.39 is 0 Å². The van der Waals surface area contributed by atoms with Gasteiger partial charge >= 0.3 is 0 Å². The van der Waals surface area contributed by atoms with Crippen LogP contribution in [0.5, 0.6) is 0 Å². The molecule has 8 nitrogen and oxygen atoms in total. The SMILES string of the molecule is CC(C)n1nc(N2CCCCC2CNC(=O)c2ccc3nc[nH]c3c2)ccc1=O. The van der Waals surface area contributed by atoms with Crippen LogP contribution in [0.1, 0.15) is 49.5 Å². The van der Waals surface area contributed by atoms with Crippen LogP contribution in [0.2, 0.25) is 0 Å². The number of carbonyl (C=O) groups excluding carboxylic acids is 1. The van der Waals surface area contributed by atoms with Gasteiger partial charge in [-0.3, -0.25) is 9.59 Å². The van der Waals surface area contributed by atoms with Crippen LogP contribution in [-0.4, -0.2) is 44.8 Å². The predicted molar refractivity (Wildman–Crippen MR) is 112 cm³/mol. The average molecular weight is 394 g/mol. The van der Waals surface area contributed by atoms with Gasteiger partial charge in [0.15, 0.2) is 0 Å². The number of H-pyrrole nitrogens is 1.